The fourth-order valence-electron chi connectivity index (χ4n) is 2.42. The maximum Gasteiger partial charge on any atom is 0.325 e. The summed E-state index contributed by atoms with van der Waals surface area (Å²) in [6.07, 6.45) is 1.44. The van der Waals surface area contributed by atoms with Gasteiger partial charge in [0.25, 0.3) is 5.91 Å². The summed E-state index contributed by atoms with van der Waals surface area (Å²) >= 11 is 0. The molecule has 0 bridgehead atoms. The first kappa shape index (κ1) is 20.9. The molecule has 2 rings (SSSR count). The molecule has 0 radical (unpaired) electrons. The van der Waals surface area contributed by atoms with E-state index in [9.17, 15) is 14.4 Å². The van der Waals surface area contributed by atoms with E-state index in [1.807, 2.05) is 13.8 Å². The predicted octanol–water partition coefficient (Wildman–Crippen LogP) is 0.442. The number of aromatic nitrogens is 3. The van der Waals surface area contributed by atoms with Gasteiger partial charge in [-0.05, 0) is 30.2 Å². The molecular weight excluding hydrogens is 366 g/mol. The lowest BCUT2D eigenvalue weighted by atomic mass is 10.0. The second-order valence-corrected chi connectivity index (χ2v) is 6.44. The Kier molecular flexibility index (Phi) is 7.08. The highest BCUT2D eigenvalue weighted by molar-refractivity contribution is 5.97. The molecule has 2 amide bonds. The Labute approximate surface area is 161 Å². The number of methoxy groups -OCH3 is 1. The Morgan fingerprint density at radius 1 is 1.21 bits per heavy atom. The molecule has 0 spiro atoms. The number of carboxylic acid groups (broad SMARTS) is 1. The Morgan fingerprint density at radius 2 is 1.89 bits per heavy atom. The van der Waals surface area contributed by atoms with Gasteiger partial charge in [0, 0.05) is 5.56 Å². The number of carbonyl (C=O) groups is 3. The topological polar surface area (TPSA) is 135 Å². The van der Waals surface area contributed by atoms with Crippen molar-refractivity contribution in [1.82, 2.24) is 25.6 Å². The van der Waals surface area contributed by atoms with Crippen molar-refractivity contribution < 1.29 is 24.2 Å². The highest BCUT2D eigenvalue weighted by Crippen LogP contribution is 2.12. The standard InChI is InChI=1S/C18H23N5O5/c1-11(2)16(20-17(26)12-4-6-14(28-3)7-5-12)18(27)19-8-13-9-23(22-21-13)10-15(24)25/h4-7,9,11,16H,8,10H2,1-3H3,(H,19,27)(H,20,26)(H,24,25). The van der Waals surface area contributed by atoms with E-state index in [2.05, 4.69) is 20.9 Å². The number of carbonyl (C=O) groups excluding carboxylic acids is 2. The normalized spacial score (nSPS) is 11.7. The van der Waals surface area contributed by atoms with E-state index in [4.69, 9.17) is 9.84 Å². The number of carboxylic acids is 1. The van der Waals surface area contributed by atoms with Gasteiger partial charge in [-0.1, -0.05) is 19.1 Å². The number of nitrogens with one attached hydrogen (secondary N) is 2. The van der Waals surface area contributed by atoms with Crippen molar-refractivity contribution in [2.75, 3.05) is 7.11 Å². The summed E-state index contributed by atoms with van der Waals surface area (Å²) in [5.41, 5.74) is 0.828. The van der Waals surface area contributed by atoms with Crippen LogP contribution >= 0.6 is 0 Å². The van der Waals surface area contributed by atoms with Crippen LogP contribution in [0.5, 0.6) is 5.75 Å². The molecule has 1 unspecified atom stereocenters. The number of ether oxygens (including phenoxy) is 1. The van der Waals surface area contributed by atoms with Gasteiger partial charge in [-0.15, -0.1) is 5.10 Å². The van der Waals surface area contributed by atoms with E-state index in [0.717, 1.165) is 4.68 Å². The van der Waals surface area contributed by atoms with Gasteiger partial charge < -0.3 is 20.5 Å². The highest BCUT2D eigenvalue weighted by Gasteiger charge is 2.24. The lowest BCUT2D eigenvalue weighted by Crippen LogP contribution is -2.49. The first-order chi connectivity index (χ1) is 13.3. The molecule has 10 heteroatoms. The van der Waals surface area contributed by atoms with Crippen molar-refractivity contribution in [3.05, 3.63) is 41.7 Å². The molecule has 1 heterocycles. The van der Waals surface area contributed by atoms with Crippen LogP contribution in [0, 0.1) is 5.92 Å². The number of hydrogen-bond acceptors (Lipinski definition) is 6. The second kappa shape index (κ2) is 9.49. The monoisotopic (exact) mass is 389 g/mol. The van der Waals surface area contributed by atoms with Crippen molar-refractivity contribution in [1.29, 1.82) is 0 Å². The summed E-state index contributed by atoms with van der Waals surface area (Å²) in [5, 5.41) is 21.6. The van der Waals surface area contributed by atoms with Crippen molar-refractivity contribution >= 4 is 17.8 Å². The Bertz CT molecular complexity index is 831. The van der Waals surface area contributed by atoms with E-state index in [0.29, 0.717) is 17.0 Å². The lowest BCUT2D eigenvalue weighted by Gasteiger charge is -2.21. The van der Waals surface area contributed by atoms with Crippen LogP contribution in [-0.2, 0) is 22.7 Å². The zero-order chi connectivity index (χ0) is 20.7. The van der Waals surface area contributed by atoms with Crippen LogP contribution in [0.3, 0.4) is 0 Å². The van der Waals surface area contributed by atoms with Crippen LogP contribution in [0.25, 0.3) is 0 Å². The zero-order valence-corrected chi connectivity index (χ0v) is 15.9. The summed E-state index contributed by atoms with van der Waals surface area (Å²) in [6.45, 7) is 3.40. The van der Waals surface area contributed by atoms with Gasteiger partial charge in [0.15, 0.2) is 0 Å². The first-order valence-electron chi connectivity index (χ1n) is 8.63. The molecule has 28 heavy (non-hydrogen) atoms. The molecule has 0 aliphatic heterocycles. The molecule has 10 nitrogen and oxygen atoms in total. The molecule has 1 atom stereocenters. The van der Waals surface area contributed by atoms with Gasteiger partial charge in [0.2, 0.25) is 5.91 Å². The third-order valence-corrected chi connectivity index (χ3v) is 3.92. The van der Waals surface area contributed by atoms with Crippen molar-refractivity contribution in [3.63, 3.8) is 0 Å². The average Bonchev–Trinajstić information content (AvgIpc) is 3.10. The Hall–Kier alpha value is -3.43. The number of aliphatic carboxylic acids is 1. The van der Waals surface area contributed by atoms with Gasteiger partial charge in [0.1, 0.15) is 24.0 Å². The fourth-order valence-corrected chi connectivity index (χ4v) is 2.42. The number of benzene rings is 1. The number of nitrogens with zero attached hydrogens (tertiary/aromatic N) is 3. The van der Waals surface area contributed by atoms with Crippen LogP contribution in [0.4, 0.5) is 0 Å². The van der Waals surface area contributed by atoms with Crippen molar-refractivity contribution in [2.24, 2.45) is 5.92 Å². The van der Waals surface area contributed by atoms with Crippen molar-refractivity contribution in [3.8, 4) is 5.75 Å². The summed E-state index contributed by atoms with van der Waals surface area (Å²) in [5.74, 6) is -1.30. The second-order valence-electron chi connectivity index (χ2n) is 6.44. The predicted molar refractivity (Wildman–Crippen MR) is 98.6 cm³/mol. The van der Waals surface area contributed by atoms with E-state index in [-0.39, 0.29) is 30.8 Å². The zero-order valence-electron chi connectivity index (χ0n) is 15.9. The fraction of sp³-hybridized carbons (Fsp3) is 0.389. The molecule has 2 aromatic rings. The third-order valence-electron chi connectivity index (χ3n) is 3.92. The summed E-state index contributed by atoms with van der Waals surface area (Å²) < 4.78 is 6.22. The van der Waals surface area contributed by atoms with E-state index < -0.39 is 12.0 Å². The summed E-state index contributed by atoms with van der Waals surface area (Å²) in [6, 6.07) is 5.82. The van der Waals surface area contributed by atoms with E-state index in [1.54, 1.807) is 24.3 Å². The Balaban J connectivity index is 1.96. The molecule has 1 aromatic carbocycles. The SMILES string of the molecule is COc1ccc(C(=O)NC(C(=O)NCc2cn(CC(=O)O)nn2)C(C)C)cc1. The minimum absolute atomic E-state index is 0.0695. The van der Waals surface area contributed by atoms with Crippen molar-refractivity contribution in [2.45, 2.75) is 33.0 Å². The third kappa shape index (κ3) is 5.79. The molecular formula is C18H23N5O5. The van der Waals surface area contributed by atoms with E-state index >= 15 is 0 Å². The lowest BCUT2D eigenvalue weighted by molar-refractivity contribution is -0.138. The molecule has 0 fully saturated rings. The minimum atomic E-state index is -1.04. The van der Waals surface area contributed by atoms with Crippen LogP contribution < -0.4 is 15.4 Å². The quantitative estimate of drug-likeness (QED) is 0.566. The number of amides is 2. The van der Waals surface area contributed by atoms with Gasteiger partial charge in [0.05, 0.1) is 19.9 Å². The highest BCUT2D eigenvalue weighted by atomic mass is 16.5. The Morgan fingerprint density at radius 3 is 2.46 bits per heavy atom. The number of rotatable bonds is 9. The maximum absolute atomic E-state index is 12.5. The van der Waals surface area contributed by atoms with Crippen LogP contribution in [-0.4, -0.2) is 51.0 Å². The smallest absolute Gasteiger partial charge is 0.325 e. The molecule has 0 aliphatic rings. The molecule has 150 valence electrons. The average molecular weight is 389 g/mol. The molecule has 0 saturated heterocycles. The summed E-state index contributed by atoms with van der Waals surface area (Å²) in [7, 11) is 1.54. The number of hydrogen-bond donors (Lipinski definition) is 3. The van der Waals surface area contributed by atoms with Crippen LogP contribution in [0.1, 0.15) is 29.9 Å². The van der Waals surface area contributed by atoms with Crippen LogP contribution in [0.2, 0.25) is 0 Å². The van der Waals surface area contributed by atoms with Gasteiger partial charge in [-0.25, -0.2) is 4.68 Å². The molecule has 0 saturated carbocycles. The van der Waals surface area contributed by atoms with E-state index in [1.165, 1.54) is 13.3 Å². The maximum atomic E-state index is 12.5. The molecule has 3 N–H and O–H groups in total. The van der Waals surface area contributed by atoms with Gasteiger partial charge >= 0.3 is 5.97 Å². The van der Waals surface area contributed by atoms with Crippen LogP contribution in [0.15, 0.2) is 30.5 Å². The largest absolute Gasteiger partial charge is 0.497 e. The molecule has 1 aromatic heterocycles. The minimum Gasteiger partial charge on any atom is -0.497 e. The van der Waals surface area contributed by atoms with Gasteiger partial charge in [-0.2, -0.15) is 0 Å². The van der Waals surface area contributed by atoms with Gasteiger partial charge in [-0.3, -0.25) is 14.4 Å². The molecule has 0 aliphatic carbocycles. The first-order valence-corrected chi connectivity index (χ1v) is 8.63. The summed E-state index contributed by atoms with van der Waals surface area (Å²) in [4.78, 5) is 35.6.